The highest BCUT2D eigenvalue weighted by molar-refractivity contribution is 7.46. The number of likely N-dealkylation sites (tertiary alicyclic amines) is 1. The van der Waals surface area contributed by atoms with Crippen molar-refractivity contribution in [2.24, 2.45) is 5.92 Å². The van der Waals surface area contributed by atoms with Crippen LogP contribution in [0.25, 0.3) is 0 Å². The number of hydrogen-bond donors (Lipinski definition) is 7. The molecule has 0 radical (unpaired) electrons. The molecule has 3 aliphatic heterocycles. The molecule has 0 aromatic heterocycles. The van der Waals surface area contributed by atoms with E-state index in [0.717, 1.165) is 12.7 Å². The van der Waals surface area contributed by atoms with Gasteiger partial charge in [-0.3, -0.25) is 14.7 Å². The smallest absolute Gasteiger partial charge is 0.404 e. The minimum atomic E-state index is -4.58. The molecule has 13 nitrogen and oxygen atoms in total. The highest BCUT2D eigenvalue weighted by Gasteiger charge is 2.79. The molecule has 38 heavy (non-hydrogen) atoms. The Bertz CT molecular complexity index is 998. The second kappa shape index (κ2) is 11.4. The maximum atomic E-state index is 11.8. The van der Waals surface area contributed by atoms with Gasteiger partial charge in [0, 0.05) is 25.6 Å². The monoisotopic (exact) mass is 561 g/mol. The van der Waals surface area contributed by atoms with E-state index in [0.29, 0.717) is 32.4 Å². The molecule has 1 aromatic rings. The van der Waals surface area contributed by atoms with E-state index in [4.69, 9.17) is 29.1 Å². The molecule has 1 saturated carbocycles. The molecule has 9 unspecified atom stereocenters. The molecule has 1 spiro atoms. The van der Waals surface area contributed by atoms with Crippen molar-refractivity contribution in [1.82, 2.24) is 15.5 Å². The van der Waals surface area contributed by atoms with Gasteiger partial charge in [-0.15, -0.1) is 0 Å². The maximum absolute atomic E-state index is 11.8. The number of phosphoric ester groups is 1. The summed E-state index contributed by atoms with van der Waals surface area (Å²) in [7, 11) is 0.111. The maximum Gasteiger partial charge on any atom is 0.524 e. The van der Waals surface area contributed by atoms with Crippen molar-refractivity contribution in [3.05, 3.63) is 29.8 Å². The summed E-state index contributed by atoms with van der Waals surface area (Å²) in [5.74, 6) is -1.85. The van der Waals surface area contributed by atoms with Crippen LogP contribution in [-0.2, 0) is 25.2 Å². The molecular formula is C24H40N3O10P. The molecule has 1 aliphatic carbocycles. The van der Waals surface area contributed by atoms with Crippen molar-refractivity contribution < 1.29 is 48.4 Å². The van der Waals surface area contributed by atoms with Gasteiger partial charge in [-0.25, -0.2) is 4.57 Å². The van der Waals surface area contributed by atoms with Crippen LogP contribution in [0.2, 0.25) is 0 Å². The number of aliphatic hydroxyl groups is 3. The van der Waals surface area contributed by atoms with E-state index >= 15 is 0 Å². The van der Waals surface area contributed by atoms with E-state index in [2.05, 4.69) is 15.2 Å². The Hall–Kier alpha value is -1.19. The lowest BCUT2D eigenvalue weighted by atomic mass is 9.83. The fourth-order valence-electron chi connectivity index (χ4n) is 6.12. The van der Waals surface area contributed by atoms with E-state index in [1.54, 1.807) is 12.1 Å². The molecule has 0 bridgehead atoms. The summed E-state index contributed by atoms with van der Waals surface area (Å²) in [5, 5.41) is 36.1. The second-order valence-corrected chi connectivity index (χ2v) is 11.5. The second-order valence-electron chi connectivity index (χ2n) is 10.3. The van der Waals surface area contributed by atoms with Crippen LogP contribution in [0.1, 0.15) is 25.3 Å². The Morgan fingerprint density at radius 1 is 1.18 bits per heavy atom. The molecule has 4 aliphatic rings. The van der Waals surface area contributed by atoms with Crippen LogP contribution in [0.15, 0.2) is 24.3 Å². The molecule has 0 amide bonds. The van der Waals surface area contributed by atoms with E-state index in [1.165, 1.54) is 12.1 Å². The minimum Gasteiger partial charge on any atom is -0.404 e. The summed E-state index contributed by atoms with van der Waals surface area (Å²) in [4.78, 5) is 19.8. The van der Waals surface area contributed by atoms with Gasteiger partial charge in [0.15, 0.2) is 5.72 Å². The van der Waals surface area contributed by atoms with Crippen molar-refractivity contribution in [2.45, 2.75) is 74.4 Å². The van der Waals surface area contributed by atoms with Gasteiger partial charge in [0.05, 0.1) is 18.2 Å². The van der Waals surface area contributed by atoms with Gasteiger partial charge in [0.25, 0.3) is 0 Å². The first-order chi connectivity index (χ1) is 18.0. The molecule has 14 heteroatoms. The molecule has 5 rings (SSSR count). The zero-order chi connectivity index (χ0) is 27.9. The van der Waals surface area contributed by atoms with E-state index in [9.17, 15) is 14.8 Å². The van der Waals surface area contributed by atoms with Crippen molar-refractivity contribution in [3.8, 4) is 5.75 Å². The zero-order valence-electron chi connectivity index (χ0n) is 22.1. The fourth-order valence-corrected chi connectivity index (χ4v) is 6.52. The molecule has 7 N–H and O–H groups in total. The number of benzene rings is 1. The minimum absolute atomic E-state index is 0.105. The zero-order valence-corrected chi connectivity index (χ0v) is 23.0. The van der Waals surface area contributed by atoms with E-state index < -0.39 is 31.7 Å². The molecule has 10 atom stereocenters. The van der Waals surface area contributed by atoms with Gasteiger partial charge < -0.3 is 44.7 Å². The van der Waals surface area contributed by atoms with Crippen LogP contribution < -0.4 is 15.2 Å². The predicted octanol–water partition coefficient (Wildman–Crippen LogP) is -0.883. The number of fused-ring (bicyclic) bond motifs is 1. The van der Waals surface area contributed by atoms with Crippen LogP contribution in [0.3, 0.4) is 0 Å². The lowest BCUT2D eigenvalue weighted by Crippen LogP contribution is -2.71. The number of aliphatic hydroxyl groups excluding tert-OH is 2. The molecule has 4 fully saturated rings. The van der Waals surface area contributed by atoms with E-state index in [-0.39, 0.29) is 36.0 Å². The SMILES string of the molecule is CNC1CC2OC3O[C@H](C)CC(CNCCc4ccc(OP(=O)(O)O)cc4)C3(O)OC23C(C1O)N3C.CO. The number of phosphoric acid groups is 1. The lowest BCUT2D eigenvalue weighted by molar-refractivity contribution is -0.459. The molecule has 3 saturated heterocycles. The fraction of sp³-hybridized carbons (Fsp3) is 0.750. The molecule has 3 heterocycles. The van der Waals surface area contributed by atoms with Gasteiger partial charge in [-0.05, 0) is 64.5 Å². The highest BCUT2D eigenvalue weighted by Crippen LogP contribution is 2.58. The summed E-state index contributed by atoms with van der Waals surface area (Å²) < 4.78 is 34.3. The van der Waals surface area contributed by atoms with E-state index in [1.807, 2.05) is 25.9 Å². The topological polar surface area (TPSA) is 182 Å². The Kier molecular flexibility index (Phi) is 8.90. The Labute approximate surface area is 222 Å². The standard InChI is InChI=1S/C23H36N3O9P.CH4O/c1-13-10-15(12-25-9-8-14-4-6-16(7-5-14)34-36(29,30)31)23(28)21(32-13)33-18-11-17(24-2)19(27)20-22(18,35-23)26(20)3;1-2/h4-7,13,15,17-21,24-25,27-28H,8-12H2,1-3H3,(H2,29,30,31);2H,1H3/t13-,15?,17?,18?,19?,20?,21?,22?,23?,26?;/m1./s1. The van der Waals surface area contributed by atoms with Crippen molar-refractivity contribution in [3.63, 3.8) is 0 Å². The quantitative estimate of drug-likeness (QED) is 0.118. The van der Waals surface area contributed by atoms with Crippen LogP contribution in [0.4, 0.5) is 0 Å². The Morgan fingerprint density at radius 3 is 2.50 bits per heavy atom. The molecule has 216 valence electrons. The summed E-state index contributed by atoms with van der Waals surface area (Å²) in [6.45, 7) is 3.04. The normalized spacial score (nSPS) is 41.6. The summed E-state index contributed by atoms with van der Waals surface area (Å²) in [6.07, 6.45) is -0.231. The first kappa shape index (κ1) is 29.8. The van der Waals surface area contributed by atoms with Crippen LogP contribution >= 0.6 is 7.82 Å². The number of ether oxygens (including phenoxy) is 3. The first-order valence-corrected chi connectivity index (χ1v) is 14.3. The lowest BCUT2D eigenvalue weighted by Gasteiger charge is -2.55. The summed E-state index contributed by atoms with van der Waals surface area (Å²) in [6, 6.07) is 6.13. The first-order valence-electron chi connectivity index (χ1n) is 12.8. The third-order valence-corrected chi connectivity index (χ3v) is 8.45. The van der Waals surface area contributed by atoms with Gasteiger partial charge >= 0.3 is 7.82 Å². The summed E-state index contributed by atoms with van der Waals surface area (Å²) >= 11 is 0. The largest absolute Gasteiger partial charge is 0.524 e. The molecular weight excluding hydrogens is 521 g/mol. The number of rotatable bonds is 8. The average molecular weight is 562 g/mol. The van der Waals surface area contributed by atoms with Gasteiger partial charge in [-0.1, -0.05) is 12.1 Å². The number of nitrogens with one attached hydrogen (secondary N) is 2. The highest BCUT2D eigenvalue weighted by atomic mass is 31.2. The summed E-state index contributed by atoms with van der Waals surface area (Å²) in [5.41, 5.74) is 0.0890. The third kappa shape index (κ3) is 5.53. The van der Waals surface area contributed by atoms with Crippen LogP contribution in [-0.4, -0.2) is 112 Å². The number of hydrogen-bond acceptors (Lipinski definition) is 11. The number of likely N-dealkylation sites (N-methyl/N-ethyl adjacent to an activating group) is 2. The number of nitrogens with zero attached hydrogens (tertiary/aromatic N) is 1. The Morgan fingerprint density at radius 2 is 1.87 bits per heavy atom. The van der Waals surface area contributed by atoms with Crippen molar-refractivity contribution in [2.75, 3.05) is 34.3 Å². The van der Waals surface area contributed by atoms with Crippen LogP contribution in [0, 0.1) is 5.92 Å². The predicted molar refractivity (Wildman–Crippen MR) is 135 cm³/mol. The van der Waals surface area contributed by atoms with Gasteiger partial charge in [-0.2, -0.15) is 0 Å². The van der Waals surface area contributed by atoms with Crippen LogP contribution in [0.5, 0.6) is 5.75 Å². The van der Waals surface area contributed by atoms with Gasteiger partial charge in [0.1, 0.15) is 11.9 Å². The molecule has 1 aromatic carbocycles. The van der Waals surface area contributed by atoms with Crippen molar-refractivity contribution >= 4 is 7.82 Å². The van der Waals surface area contributed by atoms with Crippen molar-refractivity contribution in [1.29, 1.82) is 0 Å². The average Bonchev–Trinajstić information content (AvgIpc) is 3.46. The Balaban J connectivity index is 0.00000164. The van der Waals surface area contributed by atoms with Gasteiger partial charge in [0.2, 0.25) is 12.1 Å². The third-order valence-electron chi connectivity index (χ3n) is 8.00.